The molecule has 2 aromatic rings. The molecule has 3 heteroatoms. The maximum absolute atomic E-state index is 5.32. The fourth-order valence-electron chi connectivity index (χ4n) is 3.76. The van der Waals surface area contributed by atoms with Crippen LogP contribution in [-0.4, -0.2) is 14.2 Å². The molecule has 178 valence electrons. The first-order valence-electron chi connectivity index (χ1n) is 12.1. The van der Waals surface area contributed by atoms with Gasteiger partial charge in [-0.25, -0.2) is 0 Å². The Labute approximate surface area is 201 Å². The van der Waals surface area contributed by atoms with Crippen molar-refractivity contribution in [2.75, 3.05) is 19.5 Å². The van der Waals surface area contributed by atoms with Gasteiger partial charge in [-0.15, -0.1) is 0 Å². The summed E-state index contributed by atoms with van der Waals surface area (Å²) in [4.78, 5) is 0. The maximum atomic E-state index is 5.32. The number of nitrogens with one attached hydrogen (secondary N) is 1. The molecule has 1 unspecified atom stereocenters. The number of unbranched alkanes of at least 4 members (excludes halogenated alkanes) is 1. The Bertz CT molecular complexity index is 892. The van der Waals surface area contributed by atoms with Gasteiger partial charge in [0.15, 0.2) is 0 Å². The second-order valence-electron chi connectivity index (χ2n) is 8.25. The zero-order valence-electron chi connectivity index (χ0n) is 21.1. The highest BCUT2D eigenvalue weighted by atomic mass is 16.5. The summed E-state index contributed by atoms with van der Waals surface area (Å²) in [6, 6.07) is 16.6. The number of hydrogen-bond acceptors (Lipinski definition) is 3. The lowest BCUT2D eigenvalue weighted by Gasteiger charge is -2.20. The molecule has 33 heavy (non-hydrogen) atoms. The van der Waals surface area contributed by atoms with Gasteiger partial charge in [-0.1, -0.05) is 61.4 Å². The van der Waals surface area contributed by atoms with Crippen molar-refractivity contribution in [3.8, 4) is 11.5 Å². The van der Waals surface area contributed by atoms with Gasteiger partial charge in [-0.3, -0.25) is 0 Å². The molecule has 0 aliphatic heterocycles. The normalized spacial score (nSPS) is 13.2. The standard InChI is InChI=1S/C30H41NO2/c1-6-24(3)25(7-2)14-12-10-8-9-11-13-15-30(26-16-20-28(32-4)21-17-26)31-27-18-22-29(33-5)23-19-27/h10-13,16-23,30-31H,6-9,14-15H2,1-5H3/b12-10+,13-11+,25-24+. The van der Waals surface area contributed by atoms with E-state index in [1.165, 1.54) is 11.1 Å². The van der Waals surface area contributed by atoms with Crippen molar-refractivity contribution in [3.05, 3.63) is 89.5 Å². The SMILES string of the molecule is CC/C(C)=C(\CC)C/C=C/CC/C=C/CC(Nc1ccc(OC)cc1)c1ccc(OC)cc1. The quantitative estimate of drug-likeness (QED) is 0.232. The van der Waals surface area contributed by atoms with Crippen LogP contribution in [0.2, 0.25) is 0 Å². The van der Waals surface area contributed by atoms with Crippen LogP contribution in [0.1, 0.15) is 70.9 Å². The van der Waals surface area contributed by atoms with Gasteiger partial charge in [0.2, 0.25) is 0 Å². The highest BCUT2D eigenvalue weighted by Crippen LogP contribution is 2.26. The first kappa shape index (κ1) is 26.3. The number of anilines is 1. The Morgan fingerprint density at radius 2 is 1.36 bits per heavy atom. The largest absolute Gasteiger partial charge is 0.497 e. The Balaban J connectivity index is 1.93. The number of benzene rings is 2. The average molecular weight is 448 g/mol. The number of methoxy groups -OCH3 is 2. The molecule has 0 amide bonds. The van der Waals surface area contributed by atoms with Crippen LogP contribution in [0.25, 0.3) is 0 Å². The van der Waals surface area contributed by atoms with E-state index in [1.807, 2.05) is 24.3 Å². The van der Waals surface area contributed by atoms with Crippen molar-refractivity contribution < 1.29 is 9.47 Å². The van der Waals surface area contributed by atoms with E-state index in [0.717, 1.165) is 55.7 Å². The molecule has 1 N–H and O–H groups in total. The molecule has 0 heterocycles. The fourth-order valence-corrected chi connectivity index (χ4v) is 3.76. The third-order valence-corrected chi connectivity index (χ3v) is 6.08. The molecule has 2 rings (SSSR count). The summed E-state index contributed by atoms with van der Waals surface area (Å²) < 4.78 is 10.6. The monoisotopic (exact) mass is 447 g/mol. The molecule has 2 aromatic carbocycles. The number of rotatable bonds is 14. The van der Waals surface area contributed by atoms with Gasteiger partial charge in [0.1, 0.15) is 11.5 Å². The van der Waals surface area contributed by atoms with Gasteiger partial charge in [-0.05, 0) is 87.4 Å². The Kier molecular flexibility index (Phi) is 12.0. The molecule has 0 radical (unpaired) electrons. The molecule has 3 nitrogen and oxygen atoms in total. The molecule has 1 atom stereocenters. The van der Waals surface area contributed by atoms with E-state index in [0.29, 0.717) is 0 Å². The predicted octanol–water partition coefficient (Wildman–Crippen LogP) is 8.67. The van der Waals surface area contributed by atoms with Gasteiger partial charge >= 0.3 is 0 Å². The minimum absolute atomic E-state index is 0.186. The van der Waals surface area contributed by atoms with Crippen LogP contribution in [0.4, 0.5) is 5.69 Å². The van der Waals surface area contributed by atoms with Crippen LogP contribution in [0, 0.1) is 0 Å². The summed E-state index contributed by atoms with van der Waals surface area (Å²) in [6.45, 7) is 6.75. The van der Waals surface area contributed by atoms with E-state index in [-0.39, 0.29) is 6.04 Å². The van der Waals surface area contributed by atoms with Crippen LogP contribution < -0.4 is 14.8 Å². The first-order chi connectivity index (χ1) is 16.1. The van der Waals surface area contributed by atoms with Crippen LogP contribution in [-0.2, 0) is 0 Å². The second-order valence-corrected chi connectivity index (χ2v) is 8.25. The molecule has 0 fully saturated rings. The molecular formula is C30H41NO2. The van der Waals surface area contributed by atoms with Gasteiger partial charge < -0.3 is 14.8 Å². The lowest BCUT2D eigenvalue weighted by molar-refractivity contribution is 0.414. The Hall–Kier alpha value is -2.94. The van der Waals surface area contributed by atoms with Gasteiger partial charge in [-0.2, -0.15) is 0 Å². The number of ether oxygens (including phenoxy) is 2. The van der Waals surface area contributed by atoms with Crippen molar-refractivity contribution >= 4 is 5.69 Å². The molecule has 0 saturated carbocycles. The molecule has 0 spiro atoms. The minimum atomic E-state index is 0.186. The zero-order chi connectivity index (χ0) is 23.9. The Morgan fingerprint density at radius 3 is 1.91 bits per heavy atom. The smallest absolute Gasteiger partial charge is 0.119 e. The highest BCUT2D eigenvalue weighted by Gasteiger charge is 2.10. The summed E-state index contributed by atoms with van der Waals surface area (Å²) in [7, 11) is 3.39. The van der Waals surface area contributed by atoms with Crippen molar-refractivity contribution in [1.82, 2.24) is 0 Å². The second kappa shape index (κ2) is 15.0. The summed E-state index contributed by atoms with van der Waals surface area (Å²) in [5.41, 5.74) is 5.43. The first-order valence-corrected chi connectivity index (χ1v) is 12.1. The average Bonchev–Trinajstić information content (AvgIpc) is 2.87. The van der Waals surface area contributed by atoms with E-state index in [1.54, 1.807) is 19.8 Å². The lowest BCUT2D eigenvalue weighted by Crippen LogP contribution is -2.10. The fraction of sp³-hybridized carbons (Fsp3) is 0.400. The maximum Gasteiger partial charge on any atom is 0.119 e. The topological polar surface area (TPSA) is 30.5 Å². The van der Waals surface area contributed by atoms with Crippen LogP contribution in [0.15, 0.2) is 84.0 Å². The van der Waals surface area contributed by atoms with Crippen molar-refractivity contribution in [2.45, 2.75) is 65.3 Å². The zero-order valence-corrected chi connectivity index (χ0v) is 21.1. The van der Waals surface area contributed by atoms with Crippen LogP contribution >= 0.6 is 0 Å². The molecule has 0 saturated heterocycles. The van der Waals surface area contributed by atoms with E-state index in [2.05, 4.69) is 74.7 Å². The van der Waals surface area contributed by atoms with E-state index in [9.17, 15) is 0 Å². The number of allylic oxidation sites excluding steroid dienone is 5. The molecule has 0 aliphatic rings. The summed E-state index contributed by atoms with van der Waals surface area (Å²) in [5.74, 6) is 1.74. The lowest BCUT2D eigenvalue weighted by atomic mass is 10.0. The van der Waals surface area contributed by atoms with Gasteiger partial charge in [0.25, 0.3) is 0 Å². The minimum Gasteiger partial charge on any atom is -0.497 e. The van der Waals surface area contributed by atoms with E-state index >= 15 is 0 Å². The van der Waals surface area contributed by atoms with Crippen LogP contribution in [0.5, 0.6) is 11.5 Å². The third kappa shape index (κ3) is 9.21. The van der Waals surface area contributed by atoms with E-state index < -0.39 is 0 Å². The highest BCUT2D eigenvalue weighted by molar-refractivity contribution is 5.48. The summed E-state index contributed by atoms with van der Waals surface area (Å²) in [5, 5.41) is 3.66. The Morgan fingerprint density at radius 1 is 0.788 bits per heavy atom. The predicted molar refractivity (Wildman–Crippen MR) is 142 cm³/mol. The van der Waals surface area contributed by atoms with Gasteiger partial charge in [0, 0.05) is 5.69 Å². The number of hydrogen-bond donors (Lipinski definition) is 1. The molecular weight excluding hydrogens is 406 g/mol. The third-order valence-electron chi connectivity index (χ3n) is 6.08. The van der Waals surface area contributed by atoms with E-state index in [4.69, 9.17) is 9.47 Å². The molecule has 0 bridgehead atoms. The van der Waals surface area contributed by atoms with Crippen molar-refractivity contribution in [2.24, 2.45) is 0 Å². The molecule has 0 aromatic heterocycles. The molecule has 0 aliphatic carbocycles. The summed E-state index contributed by atoms with van der Waals surface area (Å²) >= 11 is 0. The van der Waals surface area contributed by atoms with Crippen LogP contribution in [0.3, 0.4) is 0 Å². The van der Waals surface area contributed by atoms with Crippen molar-refractivity contribution in [3.63, 3.8) is 0 Å². The van der Waals surface area contributed by atoms with Crippen molar-refractivity contribution in [1.29, 1.82) is 0 Å². The summed E-state index contributed by atoms with van der Waals surface area (Å²) in [6.07, 6.45) is 15.7. The van der Waals surface area contributed by atoms with Gasteiger partial charge in [0.05, 0.1) is 20.3 Å².